The lowest BCUT2D eigenvalue weighted by Gasteiger charge is -2.09. The maximum absolute atomic E-state index is 12.6. The van der Waals surface area contributed by atoms with Crippen LogP contribution in [-0.4, -0.2) is 18.0 Å². The third-order valence-corrected chi connectivity index (χ3v) is 3.27. The molecule has 2 rings (SSSR count). The van der Waals surface area contributed by atoms with Crippen molar-refractivity contribution in [3.63, 3.8) is 0 Å². The standard InChI is InChI=1S/C16H11ClF3N3O2/c17-13-7-2-1-4-10(13)9-21-23-15(25)14(24)22-12-6-3-5-11(8-12)16(18,19)20/h1-9H,(H,22,24)(H,23,25). The Morgan fingerprint density at radius 3 is 2.44 bits per heavy atom. The molecule has 0 fully saturated rings. The van der Waals surface area contributed by atoms with Crippen LogP contribution in [0.1, 0.15) is 11.1 Å². The zero-order valence-corrected chi connectivity index (χ0v) is 13.2. The number of nitrogens with one attached hydrogen (secondary N) is 2. The van der Waals surface area contributed by atoms with Crippen molar-refractivity contribution >= 4 is 35.3 Å². The summed E-state index contributed by atoms with van der Waals surface area (Å²) >= 11 is 5.89. The lowest BCUT2D eigenvalue weighted by atomic mass is 10.2. The SMILES string of the molecule is O=C(NN=Cc1ccccc1Cl)C(=O)Nc1cccc(C(F)(F)F)c1. The molecule has 0 saturated carbocycles. The Bertz CT molecular complexity index is 822. The summed E-state index contributed by atoms with van der Waals surface area (Å²) in [6.07, 6.45) is -3.32. The Morgan fingerprint density at radius 1 is 1.04 bits per heavy atom. The zero-order chi connectivity index (χ0) is 18.4. The molecule has 0 atom stereocenters. The quantitative estimate of drug-likeness (QED) is 0.494. The largest absolute Gasteiger partial charge is 0.416 e. The molecule has 0 saturated heterocycles. The van der Waals surface area contributed by atoms with Crippen LogP contribution in [0.5, 0.6) is 0 Å². The fourth-order valence-electron chi connectivity index (χ4n) is 1.75. The molecule has 0 aliphatic heterocycles. The van der Waals surface area contributed by atoms with E-state index in [0.717, 1.165) is 18.2 Å². The molecule has 0 aromatic heterocycles. The summed E-state index contributed by atoms with van der Waals surface area (Å²) in [6.45, 7) is 0. The van der Waals surface area contributed by atoms with Crippen molar-refractivity contribution in [3.05, 3.63) is 64.7 Å². The number of hydrogen-bond acceptors (Lipinski definition) is 3. The molecule has 2 aromatic carbocycles. The molecule has 0 radical (unpaired) electrons. The van der Waals surface area contributed by atoms with E-state index in [9.17, 15) is 22.8 Å². The van der Waals surface area contributed by atoms with Crippen molar-refractivity contribution in [1.29, 1.82) is 0 Å². The van der Waals surface area contributed by atoms with Gasteiger partial charge in [0.2, 0.25) is 0 Å². The van der Waals surface area contributed by atoms with Crippen LogP contribution in [0.3, 0.4) is 0 Å². The molecule has 9 heteroatoms. The molecule has 0 spiro atoms. The summed E-state index contributed by atoms with van der Waals surface area (Å²) in [5.74, 6) is -2.30. The summed E-state index contributed by atoms with van der Waals surface area (Å²) in [7, 11) is 0. The van der Waals surface area contributed by atoms with Crippen LogP contribution in [-0.2, 0) is 15.8 Å². The van der Waals surface area contributed by atoms with Gasteiger partial charge in [-0.3, -0.25) is 9.59 Å². The van der Waals surface area contributed by atoms with Gasteiger partial charge in [-0.05, 0) is 24.3 Å². The van der Waals surface area contributed by atoms with Crippen molar-refractivity contribution in [3.8, 4) is 0 Å². The van der Waals surface area contributed by atoms with Gasteiger partial charge in [-0.15, -0.1) is 0 Å². The zero-order valence-electron chi connectivity index (χ0n) is 12.5. The van der Waals surface area contributed by atoms with E-state index in [0.29, 0.717) is 10.6 Å². The molecule has 5 nitrogen and oxygen atoms in total. The van der Waals surface area contributed by atoms with Crippen LogP contribution in [0.2, 0.25) is 5.02 Å². The summed E-state index contributed by atoms with van der Waals surface area (Å²) in [5.41, 5.74) is 1.37. The van der Waals surface area contributed by atoms with Gasteiger partial charge in [0, 0.05) is 16.3 Å². The van der Waals surface area contributed by atoms with E-state index in [1.165, 1.54) is 12.3 Å². The number of hydrogen-bond donors (Lipinski definition) is 2. The predicted molar refractivity (Wildman–Crippen MR) is 87.3 cm³/mol. The average Bonchev–Trinajstić information content (AvgIpc) is 2.56. The predicted octanol–water partition coefficient (Wildman–Crippen LogP) is 3.45. The first kappa shape index (κ1) is 18.5. The topological polar surface area (TPSA) is 70.6 Å². The lowest BCUT2D eigenvalue weighted by molar-refractivity contribution is -0.137. The van der Waals surface area contributed by atoms with Gasteiger partial charge in [-0.1, -0.05) is 35.9 Å². The lowest BCUT2D eigenvalue weighted by Crippen LogP contribution is -2.32. The maximum Gasteiger partial charge on any atom is 0.416 e. The number of halogens is 4. The third-order valence-electron chi connectivity index (χ3n) is 2.93. The van der Waals surface area contributed by atoms with E-state index in [1.807, 2.05) is 5.43 Å². The number of rotatable bonds is 3. The molecule has 0 unspecified atom stereocenters. The first-order valence-electron chi connectivity index (χ1n) is 6.83. The average molecular weight is 370 g/mol. The molecule has 0 heterocycles. The number of carbonyl (C=O) groups excluding carboxylic acids is 2. The second kappa shape index (κ2) is 7.80. The minimum absolute atomic E-state index is 0.162. The van der Waals surface area contributed by atoms with Crippen LogP contribution < -0.4 is 10.7 Å². The monoisotopic (exact) mass is 369 g/mol. The van der Waals surface area contributed by atoms with Crippen molar-refractivity contribution in [2.45, 2.75) is 6.18 Å². The van der Waals surface area contributed by atoms with Gasteiger partial charge in [0.25, 0.3) is 0 Å². The molecular weight excluding hydrogens is 359 g/mol. The van der Waals surface area contributed by atoms with Gasteiger partial charge in [-0.2, -0.15) is 18.3 Å². The second-order valence-electron chi connectivity index (χ2n) is 4.75. The Morgan fingerprint density at radius 2 is 1.76 bits per heavy atom. The molecule has 0 aliphatic carbocycles. The minimum Gasteiger partial charge on any atom is -0.318 e. The van der Waals surface area contributed by atoms with Crippen LogP contribution >= 0.6 is 11.6 Å². The van der Waals surface area contributed by atoms with Crippen LogP contribution in [0, 0.1) is 0 Å². The summed E-state index contributed by atoms with van der Waals surface area (Å²) in [4.78, 5) is 23.3. The molecule has 2 N–H and O–H groups in total. The first-order valence-corrected chi connectivity index (χ1v) is 7.21. The highest BCUT2D eigenvalue weighted by atomic mass is 35.5. The van der Waals surface area contributed by atoms with Crippen molar-refractivity contribution in [2.75, 3.05) is 5.32 Å². The maximum atomic E-state index is 12.6. The van der Waals surface area contributed by atoms with Crippen molar-refractivity contribution in [2.24, 2.45) is 5.10 Å². The van der Waals surface area contributed by atoms with Gasteiger partial charge in [-0.25, -0.2) is 5.43 Å². The van der Waals surface area contributed by atoms with E-state index in [1.54, 1.807) is 24.3 Å². The van der Waals surface area contributed by atoms with E-state index in [4.69, 9.17) is 11.6 Å². The minimum atomic E-state index is -4.55. The Kier molecular flexibility index (Phi) is 5.76. The van der Waals surface area contributed by atoms with Crippen LogP contribution in [0.15, 0.2) is 53.6 Å². The normalized spacial score (nSPS) is 11.4. The number of carbonyl (C=O) groups is 2. The molecule has 0 aliphatic rings. The summed E-state index contributed by atoms with van der Waals surface area (Å²) in [5, 5.41) is 6.03. The number of hydrazone groups is 1. The Balaban J connectivity index is 1.97. The van der Waals surface area contributed by atoms with Gasteiger partial charge in [0.05, 0.1) is 11.8 Å². The smallest absolute Gasteiger partial charge is 0.318 e. The highest BCUT2D eigenvalue weighted by Crippen LogP contribution is 2.30. The summed E-state index contributed by atoms with van der Waals surface area (Å²) in [6, 6.07) is 10.6. The number of amides is 2. The fourth-order valence-corrected chi connectivity index (χ4v) is 1.94. The first-order chi connectivity index (χ1) is 11.8. The molecule has 2 aromatic rings. The molecular formula is C16H11ClF3N3O2. The van der Waals surface area contributed by atoms with Gasteiger partial charge < -0.3 is 5.32 Å². The van der Waals surface area contributed by atoms with Crippen LogP contribution in [0.4, 0.5) is 18.9 Å². The van der Waals surface area contributed by atoms with E-state index in [2.05, 4.69) is 10.4 Å². The number of anilines is 1. The van der Waals surface area contributed by atoms with E-state index in [-0.39, 0.29) is 5.69 Å². The molecule has 2 amide bonds. The number of nitrogens with zero attached hydrogens (tertiary/aromatic N) is 1. The Hall–Kier alpha value is -2.87. The third kappa shape index (κ3) is 5.32. The van der Waals surface area contributed by atoms with Crippen molar-refractivity contribution < 1.29 is 22.8 Å². The highest BCUT2D eigenvalue weighted by molar-refractivity contribution is 6.39. The molecule has 0 bridgehead atoms. The van der Waals surface area contributed by atoms with Crippen LogP contribution in [0.25, 0.3) is 0 Å². The molecule has 25 heavy (non-hydrogen) atoms. The molecule has 130 valence electrons. The number of benzene rings is 2. The van der Waals surface area contributed by atoms with Gasteiger partial charge >= 0.3 is 18.0 Å². The van der Waals surface area contributed by atoms with E-state index >= 15 is 0 Å². The van der Waals surface area contributed by atoms with E-state index < -0.39 is 23.6 Å². The number of alkyl halides is 3. The highest BCUT2D eigenvalue weighted by Gasteiger charge is 2.30. The Labute approximate surface area is 145 Å². The summed E-state index contributed by atoms with van der Waals surface area (Å²) < 4.78 is 37.8. The van der Waals surface area contributed by atoms with Gasteiger partial charge in [0.1, 0.15) is 0 Å². The van der Waals surface area contributed by atoms with Gasteiger partial charge in [0.15, 0.2) is 0 Å². The fraction of sp³-hybridized carbons (Fsp3) is 0.0625. The second-order valence-corrected chi connectivity index (χ2v) is 5.16. The van der Waals surface area contributed by atoms with Crippen molar-refractivity contribution in [1.82, 2.24) is 5.43 Å².